The van der Waals surface area contributed by atoms with Crippen LogP contribution >= 0.6 is 0 Å². The molecule has 2 aromatic rings. The lowest BCUT2D eigenvalue weighted by Crippen LogP contribution is -2.25. The van der Waals surface area contributed by atoms with E-state index in [9.17, 15) is 4.79 Å². The average molecular weight is 395 g/mol. The van der Waals surface area contributed by atoms with Gasteiger partial charge in [0.15, 0.2) is 0 Å². The number of nitrogens with one attached hydrogen (secondary N) is 1. The van der Waals surface area contributed by atoms with Gasteiger partial charge in [0.1, 0.15) is 11.4 Å². The van der Waals surface area contributed by atoms with Crippen LogP contribution in [0.1, 0.15) is 56.2 Å². The molecule has 0 spiro atoms. The third-order valence-electron chi connectivity index (χ3n) is 4.82. The van der Waals surface area contributed by atoms with Crippen LogP contribution in [0.2, 0.25) is 0 Å². The fraction of sp³-hybridized carbons (Fsp3) is 0.375. The molecule has 0 amide bonds. The van der Waals surface area contributed by atoms with Crippen molar-refractivity contribution in [2.45, 2.75) is 51.6 Å². The summed E-state index contributed by atoms with van der Waals surface area (Å²) in [7, 11) is 1.62. The molecule has 1 aliphatic carbocycles. The second kappa shape index (κ2) is 8.19. The number of anilines is 3. The maximum absolute atomic E-state index is 12.2. The van der Waals surface area contributed by atoms with Crippen molar-refractivity contribution in [2.24, 2.45) is 0 Å². The van der Waals surface area contributed by atoms with E-state index in [1.165, 1.54) is 18.4 Å². The third-order valence-corrected chi connectivity index (χ3v) is 4.82. The zero-order chi connectivity index (χ0) is 21.2. The summed E-state index contributed by atoms with van der Waals surface area (Å²) in [5.74, 6) is 0.951. The summed E-state index contributed by atoms with van der Waals surface area (Å²) in [4.78, 5) is 12.2. The fourth-order valence-electron chi connectivity index (χ4n) is 3.21. The Kier molecular flexibility index (Phi) is 5.87. The normalized spacial score (nSPS) is 13.7. The monoisotopic (exact) mass is 394 g/mol. The van der Waals surface area contributed by atoms with Gasteiger partial charge in [-0.05, 0) is 81.0 Å². The molecular formula is C24H30N2O3. The summed E-state index contributed by atoms with van der Waals surface area (Å²) >= 11 is 0. The van der Waals surface area contributed by atoms with Crippen molar-refractivity contribution < 1.29 is 14.3 Å². The van der Waals surface area contributed by atoms with Gasteiger partial charge in [-0.2, -0.15) is 0 Å². The van der Waals surface area contributed by atoms with Crippen LogP contribution in [0.5, 0.6) is 0 Å². The van der Waals surface area contributed by atoms with Gasteiger partial charge in [-0.15, -0.1) is 0 Å². The summed E-state index contributed by atoms with van der Waals surface area (Å²) in [5, 5.41) is 3.41. The van der Waals surface area contributed by atoms with Crippen molar-refractivity contribution in [1.29, 1.82) is 0 Å². The molecule has 0 bridgehead atoms. The number of nitrogens with two attached hydrogens (primary N) is 1. The largest absolute Gasteiger partial charge is 0.497 e. The standard InChI is InChI=1S/C24H30N2O3/c1-15(28-5)20-13-17(16-6-7-16)8-11-22(20)26-19-9-10-21(25)18(12-19)14-23(27)29-24(2,3)4/h8-13,16,26H,1,6-7,14,25H2,2-5H3. The predicted molar refractivity (Wildman–Crippen MR) is 118 cm³/mol. The first kappa shape index (κ1) is 20.8. The van der Waals surface area contributed by atoms with Crippen molar-refractivity contribution in [3.05, 3.63) is 59.7 Å². The van der Waals surface area contributed by atoms with Crippen LogP contribution < -0.4 is 11.1 Å². The lowest BCUT2D eigenvalue weighted by molar-refractivity contribution is -0.153. The molecule has 2 aromatic carbocycles. The van der Waals surface area contributed by atoms with Crippen LogP contribution in [0.4, 0.5) is 17.1 Å². The van der Waals surface area contributed by atoms with E-state index in [1.807, 2.05) is 32.9 Å². The number of nitrogen functional groups attached to an aromatic ring is 1. The number of carbonyl (C=O) groups excluding carboxylic acids is 1. The molecule has 29 heavy (non-hydrogen) atoms. The summed E-state index contributed by atoms with van der Waals surface area (Å²) in [6.07, 6.45) is 2.59. The number of esters is 1. The second-order valence-electron chi connectivity index (χ2n) is 8.51. The summed E-state index contributed by atoms with van der Waals surface area (Å²) in [5.41, 5.74) is 10.8. The van der Waals surface area contributed by atoms with Crippen LogP contribution in [0, 0.1) is 0 Å². The molecule has 154 valence electrons. The molecule has 3 N–H and O–H groups in total. The highest BCUT2D eigenvalue weighted by Gasteiger charge is 2.24. The summed E-state index contributed by atoms with van der Waals surface area (Å²) in [6, 6.07) is 11.9. The van der Waals surface area contributed by atoms with E-state index in [2.05, 4.69) is 30.1 Å². The van der Waals surface area contributed by atoms with E-state index in [0.29, 0.717) is 17.4 Å². The quantitative estimate of drug-likeness (QED) is 0.374. The topological polar surface area (TPSA) is 73.6 Å². The number of hydrogen-bond donors (Lipinski definition) is 2. The third kappa shape index (κ3) is 5.53. The molecule has 0 saturated heterocycles. The van der Waals surface area contributed by atoms with Gasteiger partial charge in [-0.1, -0.05) is 12.6 Å². The van der Waals surface area contributed by atoms with E-state index in [1.54, 1.807) is 13.2 Å². The predicted octanol–water partition coefficient (Wildman–Crippen LogP) is 5.39. The number of carbonyl (C=O) groups is 1. The zero-order valence-electron chi connectivity index (χ0n) is 17.7. The highest BCUT2D eigenvalue weighted by molar-refractivity contribution is 5.79. The minimum atomic E-state index is -0.527. The maximum Gasteiger partial charge on any atom is 0.310 e. The Labute approximate surface area is 172 Å². The molecule has 1 fully saturated rings. The molecule has 0 heterocycles. The summed E-state index contributed by atoms with van der Waals surface area (Å²) < 4.78 is 10.8. The van der Waals surface area contributed by atoms with Gasteiger partial charge < -0.3 is 20.5 Å². The van der Waals surface area contributed by atoms with Gasteiger partial charge in [0.05, 0.1) is 13.5 Å². The number of benzene rings is 2. The minimum absolute atomic E-state index is 0.122. The first-order valence-electron chi connectivity index (χ1n) is 9.91. The number of hydrogen-bond acceptors (Lipinski definition) is 5. The van der Waals surface area contributed by atoms with Gasteiger partial charge in [0.2, 0.25) is 0 Å². The molecule has 0 radical (unpaired) electrons. The van der Waals surface area contributed by atoms with E-state index in [4.69, 9.17) is 15.2 Å². The molecular weight excluding hydrogens is 364 g/mol. The Hall–Kier alpha value is -2.95. The SMILES string of the molecule is C=C(OC)c1cc(C2CC2)ccc1Nc1ccc(N)c(CC(=O)OC(C)(C)C)c1. The maximum atomic E-state index is 12.2. The average Bonchev–Trinajstić information content (AvgIpc) is 3.47. The lowest BCUT2D eigenvalue weighted by Gasteiger charge is -2.20. The van der Waals surface area contributed by atoms with Crippen LogP contribution in [0.25, 0.3) is 5.76 Å². The zero-order valence-corrected chi connectivity index (χ0v) is 17.7. The van der Waals surface area contributed by atoms with Gasteiger partial charge >= 0.3 is 5.97 Å². The van der Waals surface area contributed by atoms with Crippen molar-refractivity contribution in [3.8, 4) is 0 Å². The smallest absolute Gasteiger partial charge is 0.310 e. The summed E-state index contributed by atoms with van der Waals surface area (Å²) in [6.45, 7) is 9.58. The fourth-order valence-corrected chi connectivity index (χ4v) is 3.21. The van der Waals surface area contributed by atoms with E-state index in [0.717, 1.165) is 22.5 Å². The van der Waals surface area contributed by atoms with Gasteiger partial charge in [-0.3, -0.25) is 4.79 Å². The molecule has 0 atom stereocenters. The Morgan fingerprint density at radius 1 is 1.21 bits per heavy atom. The molecule has 0 aliphatic heterocycles. The van der Waals surface area contributed by atoms with Crippen LogP contribution in [0.3, 0.4) is 0 Å². The highest BCUT2D eigenvalue weighted by atomic mass is 16.6. The van der Waals surface area contributed by atoms with Crippen molar-refractivity contribution in [1.82, 2.24) is 0 Å². The molecule has 5 nitrogen and oxygen atoms in total. The highest BCUT2D eigenvalue weighted by Crippen LogP contribution is 2.42. The van der Waals surface area contributed by atoms with Crippen molar-refractivity contribution in [3.63, 3.8) is 0 Å². The first-order chi connectivity index (χ1) is 13.7. The van der Waals surface area contributed by atoms with E-state index in [-0.39, 0.29) is 12.4 Å². The lowest BCUT2D eigenvalue weighted by atomic mass is 10.0. The van der Waals surface area contributed by atoms with E-state index >= 15 is 0 Å². The van der Waals surface area contributed by atoms with Gasteiger partial charge in [-0.25, -0.2) is 0 Å². The Morgan fingerprint density at radius 2 is 1.93 bits per heavy atom. The van der Waals surface area contributed by atoms with Crippen molar-refractivity contribution in [2.75, 3.05) is 18.2 Å². The molecule has 1 aliphatic rings. The number of rotatable bonds is 7. The van der Waals surface area contributed by atoms with Gasteiger partial charge in [0, 0.05) is 22.6 Å². The van der Waals surface area contributed by atoms with Gasteiger partial charge in [0.25, 0.3) is 0 Å². The van der Waals surface area contributed by atoms with Crippen LogP contribution in [0.15, 0.2) is 43.0 Å². The van der Waals surface area contributed by atoms with Crippen molar-refractivity contribution >= 4 is 28.8 Å². The molecule has 3 rings (SSSR count). The molecule has 1 saturated carbocycles. The molecule has 0 unspecified atom stereocenters. The Balaban J connectivity index is 1.83. The number of ether oxygens (including phenoxy) is 2. The van der Waals surface area contributed by atoms with E-state index < -0.39 is 5.60 Å². The second-order valence-corrected chi connectivity index (χ2v) is 8.51. The molecule has 5 heteroatoms. The minimum Gasteiger partial charge on any atom is -0.497 e. The van der Waals surface area contributed by atoms with Crippen LogP contribution in [-0.2, 0) is 20.7 Å². The number of methoxy groups -OCH3 is 1. The Morgan fingerprint density at radius 3 is 2.55 bits per heavy atom. The first-order valence-corrected chi connectivity index (χ1v) is 9.91. The Bertz CT molecular complexity index is 924. The van der Waals surface area contributed by atoms with Crippen LogP contribution in [-0.4, -0.2) is 18.7 Å². The molecule has 0 aromatic heterocycles.